The van der Waals surface area contributed by atoms with E-state index in [1.165, 1.54) is 37.7 Å². The predicted octanol–water partition coefficient (Wildman–Crippen LogP) is 4.68. The van der Waals surface area contributed by atoms with E-state index in [0.29, 0.717) is 24.8 Å². The normalized spacial score (nSPS) is 17.9. The molecule has 35 heavy (non-hydrogen) atoms. The molecule has 1 heterocycles. The number of carbonyl (C=O) groups is 1. The molecule has 1 amide bonds. The monoisotopic (exact) mass is 498 g/mol. The van der Waals surface area contributed by atoms with Gasteiger partial charge >= 0.3 is 0 Å². The molecule has 1 saturated heterocycles. The molecule has 2 aromatic rings. The lowest BCUT2D eigenvalue weighted by Gasteiger charge is -2.31. The Hall–Kier alpha value is -2.42. The average Bonchev–Trinajstić information content (AvgIpc) is 2.89. The van der Waals surface area contributed by atoms with Gasteiger partial charge in [-0.25, -0.2) is 8.42 Å². The number of nitrogens with one attached hydrogen (secondary N) is 2. The molecule has 0 bridgehead atoms. The first-order valence-electron chi connectivity index (χ1n) is 12.9. The zero-order valence-corrected chi connectivity index (χ0v) is 21.5. The number of nitrogens with zero attached hydrogens (tertiary/aromatic N) is 2. The molecule has 0 atom stereocenters. The fourth-order valence-electron chi connectivity index (χ4n) is 5.12. The predicted molar refractivity (Wildman–Crippen MR) is 141 cm³/mol. The lowest BCUT2D eigenvalue weighted by molar-refractivity contribution is -0.114. The summed E-state index contributed by atoms with van der Waals surface area (Å²) in [6.07, 6.45) is 9.28. The van der Waals surface area contributed by atoms with Crippen molar-refractivity contribution in [1.29, 1.82) is 0 Å². The largest absolute Gasteiger partial charge is 0.376 e. The van der Waals surface area contributed by atoms with Crippen molar-refractivity contribution in [3.05, 3.63) is 54.1 Å². The Morgan fingerprint density at radius 3 is 2.46 bits per heavy atom. The van der Waals surface area contributed by atoms with E-state index in [-0.39, 0.29) is 17.3 Å². The van der Waals surface area contributed by atoms with Crippen LogP contribution in [-0.4, -0.2) is 56.3 Å². The van der Waals surface area contributed by atoms with Crippen LogP contribution in [0.2, 0.25) is 0 Å². The van der Waals surface area contributed by atoms with Crippen molar-refractivity contribution in [3.63, 3.8) is 0 Å². The van der Waals surface area contributed by atoms with E-state index in [4.69, 9.17) is 0 Å². The number of sulfonamides is 1. The zero-order valence-electron chi connectivity index (χ0n) is 20.7. The number of hydrogen-bond acceptors (Lipinski definition) is 5. The van der Waals surface area contributed by atoms with E-state index < -0.39 is 10.0 Å². The van der Waals surface area contributed by atoms with Crippen LogP contribution in [0.3, 0.4) is 0 Å². The van der Waals surface area contributed by atoms with E-state index in [1.807, 2.05) is 18.2 Å². The van der Waals surface area contributed by atoms with Crippen molar-refractivity contribution in [2.45, 2.75) is 68.8 Å². The van der Waals surface area contributed by atoms with Crippen LogP contribution in [-0.2, 0) is 21.4 Å². The van der Waals surface area contributed by atoms with Crippen molar-refractivity contribution in [2.24, 2.45) is 0 Å². The van der Waals surface area contributed by atoms with Gasteiger partial charge in [-0.15, -0.1) is 0 Å². The van der Waals surface area contributed by atoms with Crippen LogP contribution in [0.15, 0.2) is 53.4 Å². The Morgan fingerprint density at radius 2 is 1.69 bits per heavy atom. The highest BCUT2D eigenvalue weighted by atomic mass is 32.2. The summed E-state index contributed by atoms with van der Waals surface area (Å²) in [5.41, 5.74) is 2.61. The number of carbonyl (C=O) groups excluding carboxylic acids is 1. The molecule has 1 aliphatic carbocycles. The molecular weight excluding hydrogens is 460 g/mol. The summed E-state index contributed by atoms with van der Waals surface area (Å²) in [4.78, 5) is 15.3. The van der Waals surface area contributed by atoms with E-state index in [2.05, 4.69) is 28.6 Å². The molecule has 0 spiro atoms. The first-order valence-corrected chi connectivity index (χ1v) is 14.3. The molecule has 8 heteroatoms. The van der Waals surface area contributed by atoms with Gasteiger partial charge in [-0.3, -0.25) is 9.69 Å². The summed E-state index contributed by atoms with van der Waals surface area (Å²) in [6.45, 7) is 2.05. The second-order valence-corrected chi connectivity index (χ2v) is 11.7. The highest BCUT2D eigenvalue weighted by Gasteiger charge is 2.26. The number of amides is 1. The van der Waals surface area contributed by atoms with Gasteiger partial charge < -0.3 is 10.6 Å². The summed E-state index contributed by atoms with van der Waals surface area (Å²) in [6, 6.07) is 15.3. The third kappa shape index (κ3) is 6.84. The highest BCUT2D eigenvalue weighted by Crippen LogP contribution is 2.25. The summed E-state index contributed by atoms with van der Waals surface area (Å²) in [5, 5.41) is 6.12. The number of benzene rings is 2. The average molecular weight is 499 g/mol. The first-order chi connectivity index (χ1) is 16.9. The minimum absolute atomic E-state index is 0.104. The Morgan fingerprint density at radius 1 is 0.971 bits per heavy atom. The van der Waals surface area contributed by atoms with E-state index in [9.17, 15) is 13.2 Å². The lowest BCUT2D eigenvalue weighted by atomic mass is 9.94. The zero-order chi connectivity index (χ0) is 24.7. The number of hydrogen-bond donors (Lipinski definition) is 2. The maximum atomic E-state index is 13.0. The molecule has 4 rings (SSSR count). The smallest absolute Gasteiger partial charge is 0.243 e. The number of piperidine rings is 1. The van der Waals surface area contributed by atoms with Gasteiger partial charge in [0.15, 0.2) is 0 Å². The quantitative estimate of drug-likeness (QED) is 0.525. The van der Waals surface area contributed by atoms with Crippen molar-refractivity contribution < 1.29 is 13.2 Å². The number of para-hydroxylation sites is 1. The van der Waals surface area contributed by atoms with Gasteiger partial charge in [-0.2, -0.15) is 4.31 Å². The lowest BCUT2D eigenvalue weighted by Crippen LogP contribution is -2.35. The number of anilines is 2. The van der Waals surface area contributed by atoms with Gasteiger partial charge in [0.2, 0.25) is 15.9 Å². The maximum Gasteiger partial charge on any atom is 0.243 e. The minimum atomic E-state index is -3.54. The molecule has 2 fully saturated rings. The second kappa shape index (κ2) is 12.0. The van der Waals surface area contributed by atoms with Crippen molar-refractivity contribution in [1.82, 2.24) is 9.21 Å². The standard InChI is InChI=1S/C27H38N4O3S/c1-30(24-13-4-2-5-14-24)21-22-11-6-7-16-26(22)28-20-27(32)29-23-12-10-15-25(19-23)35(33,34)31-17-8-3-9-18-31/h6-7,10-12,15-16,19,24,28H,2-5,8-9,13-14,17-18,20-21H2,1H3,(H,29,32). The van der Waals surface area contributed by atoms with Gasteiger partial charge in [0.1, 0.15) is 0 Å². The molecule has 2 N–H and O–H groups in total. The Bertz CT molecular complexity index is 1090. The Balaban J connectivity index is 1.35. The molecule has 190 valence electrons. The van der Waals surface area contributed by atoms with Crippen LogP contribution in [0, 0.1) is 0 Å². The molecule has 0 radical (unpaired) electrons. The Labute approximate surface area is 209 Å². The molecule has 1 aliphatic heterocycles. The van der Waals surface area contributed by atoms with Crippen LogP contribution in [0.25, 0.3) is 0 Å². The van der Waals surface area contributed by atoms with Crippen LogP contribution in [0.1, 0.15) is 56.9 Å². The highest BCUT2D eigenvalue weighted by molar-refractivity contribution is 7.89. The fraction of sp³-hybridized carbons (Fsp3) is 0.519. The van der Waals surface area contributed by atoms with E-state index in [0.717, 1.165) is 31.5 Å². The molecule has 0 unspecified atom stereocenters. The van der Waals surface area contributed by atoms with Gasteiger partial charge in [0.25, 0.3) is 0 Å². The van der Waals surface area contributed by atoms with Crippen LogP contribution in [0.5, 0.6) is 0 Å². The summed E-state index contributed by atoms with van der Waals surface area (Å²) < 4.78 is 27.5. The van der Waals surface area contributed by atoms with Crippen molar-refractivity contribution in [3.8, 4) is 0 Å². The topological polar surface area (TPSA) is 81.8 Å². The van der Waals surface area contributed by atoms with Crippen LogP contribution < -0.4 is 10.6 Å². The molecule has 1 saturated carbocycles. The third-order valence-electron chi connectivity index (χ3n) is 7.15. The van der Waals surface area contributed by atoms with E-state index >= 15 is 0 Å². The van der Waals surface area contributed by atoms with Gasteiger partial charge in [0, 0.05) is 37.1 Å². The van der Waals surface area contributed by atoms with Gasteiger partial charge in [0.05, 0.1) is 11.4 Å². The third-order valence-corrected chi connectivity index (χ3v) is 9.04. The molecule has 2 aliphatic rings. The summed E-state index contributed by atoms with van der Waals surface area (Å²) in [5.74, 6) is -0.215. The van der Waals surface area contributed by atoms with Crippen molar-refractivity contribution in [2.75, 3.05) is 37.3 Å². The number of rotatable bonds is 9. The molecule has 2 aromatic carbocycles. The van der Waals surface area contributed by atoms with Crippen LogP contribution >= 0.6 is 0 Å². The summed E-state index contributed by atoms with van der Waals surface area (Å²) in [7, 11) is -1.36. The maximum absolute atomic E-state index is 13.0. The molecular formula is C27H38N4O3S. The second-order valence-electron chi connectivity index (χ2n) is 9.76. The minimum Gasteiger partial charge on any atom is -0.376 e. The van der Waals surface area contributed by atoms with Crippen LogP contribution in [0.4, 0.5) is 11.4 Å². The SMILES string of the molecule is CN(Cc1ccccc1NCC(=O)Nc1cccc(S(=O)(=O)N2CCCCC2)c1)C1CCCCC1. The first kappa shape index (κ1) is 25.7. The Kier molecular flexibility index (Phi) is 8.81. The summed E-state index contributed by atoms with van der Waals surface area (Å²) >= 11 is 0. The van der Waals surface area contributed by atoms with Gasteiger partial charge in [-0.05, 0) is 62.6 Å². The van der Waals surface area contributed by atoms with Crippen molar-refractivity contribution >= 4 is 27.3 Å². The van der Waals surface area contributed by atoms with E-state index in [1.54, 1.807) is 28.6 Å². The molecule has 0 aromatic heterocycles. The molecule has 7 nitrogen and oxygen atoms in total. The fourth-order valence-corrected chi connectivity index (χ4v) is 6.68. The van der Waals surface area contributed by atoms with Gasteiger partial charge in [-0.1, -0.05) is 49.9 Å².